The molecule has 1 unspecified atom stereocenters. The predicted molar refractivity (Wildman–Crippen MR) is 175 cm³/mol. The van der Waals surface area contributed by atoms with E-state index in [1.165, 1.54) is 32.4 Å². The molecule has 2 aromatic carbocycles. The zero-order chi connectivity index (χ0) is 31.1. The third-order valence-electron chi connectivity index (χ3n) is 11.5. The first kappa shape index (κ1) is 30.6. The van der Waals surface area contributed by atoms with Crippen molar-refractivity contribution in [3.8, 4) is 5.75 Å². The highest BCUT2D eigenvalue weighted by atomic mass is 19.1. The van der Waals surface area contributed by atoms with Crippen molar-refractivity contribution in [1.29, 1.82) is 0 Å². The van der Waals surface area contributed by atoms with Gasteiger partial charge in [0.2, 0.25) is 0 Å². The number of benzene rings is 2. The number of guanidine groups is 1. The zero-order valence-corrected chi connectivity index (χ0v) is 26.8. The van der Waals surface area contributed by atoms with Crippen molar-refractivity contribution < 1.29 is 9.13 Å². The number of hydrogen-bond donors (Lipinski definition) is 2. The number of rotatable bonds is 9. The highest BCUT2D eigenvalue weighted by molar-refractivity contribution is 5.95. The molecule has 2 heterocycles. The normalized spacial score (nSPS) is 26.4. The van der Waals surface area contributed by atoms with Crippen molar-refractivity contribution in [2.45, 2.75) is 72.4 Å². The van der Waals surface area contributed by atoms with Gasteiger partial charge < -0.3 is 20.3 Å². The average molecular weight is 603 g/mol. The molecule has 44 heavy (non-hydrogen) atoms. The molecule has 1 aliphatic heterocycles. The maximum absolute atomic E-state index is 14.4. The minimum Gasteiger partial charge on any atom is -0.497 e. The van der Waals surface area contributed by atoms with Crippen LogP contribution in [0.15, 0.2) is 52.5 Å². The van der Waals surface area contributed by atoms with Crippen LogP contribution in [0.2, 0.25) is 0 Å². The Kier molecular flexibility index (Phi) is 8.44. The number of hydrogen-bond acceptors (Lipinski definition) is 5. The Hall–Kier alpha value is -3.46. The molecule has 7 rings (SSSR count). The highest BCUT2D eigenvalue weighted by Crippen LogP contribution is 2.69. The maximum atomic E-state index is 14.4. The second-order valence-electron chi connectivity index (χ2n) is 13.9. The van der Waals surface area contributed by atoms with Gasteiger partial charge >= 0.3 is 0 Å². The van der Waals surface area contributed by atoms with Crippen LogP contribution in [0.1, 0.15) is 58.9 Å². The van der Waals surface area contributed by atoms with Crippen molar-refractivity contribution in [2.24, 2.45) is 27.7 Å². The third kappa shape index (κ3) is 5.71. The fourth-order valence-electron chi connectivity index (χ4n) is 7.89. The fourth-order valence-corrected chi connectivity index (χ4v) is 7.89. The summed E-state index contributed by atoms with van der Waals surface area (Å²) in [7, 11) is 1.51. The number of nitrogens with zero attached hydrogens (tertiary/aromatic N) is 4. The summed E-state index contributed by atoms with van der Waals surface area (Å²) in [5, 5.41) is 7.89. The maximum Gasteiger partial charge on any atom is 0.261 e. The lowest BCUT2D eigenvalue weighted by atomic mass is 9.36. The molecule has 9 heteroatoms. The summed E-state index contributed by atoms with van der Waals surface area (Å²) in [5.41, 5.74) is 2.54. The van der Waals surface area contributed by atoms with Crippen LogP contribution < -0.4 is 20.9 Å². The number of nitrogens with one attached hydrogen (secondary N) is 2. The molecule has 0 radical (unpaired) electrons. The van der Waals surface area contributed by atoms with Gasteiger partial charge in [-0.2, -0.15) is 0 Å². The van der Waals surface area contributed by atoms with E-state index >= 15 is 0 Å². The molecule has 1 saturated heterocycles. The highest BCUT2D eigenvalue weighted by Gasteiger charge is 2.64. The molecule has 4 atom stereocenters. The zero-order valence-electron chi connectivity index (χ0n) is 26.8. The summed E-state index contributed by atoms with van der Waals surface area (Å²) >= 11 is 0. The summed E-state index contributed by atoms with van der Waals surface area (Å²) in [4.78, 5) is 25.4. The van der Waals surface area contributed by atoms with Crippen LogP contribution in [0.5, 0.6) is 5.75 Å². The molecule has 2 N–H and O–H groups in total. The lowest BCUT2D eigenvalue weighted by Gasteiger charge is -2.69. The average Bonchev–Trinajstić information content (AvgIpc) is 3.53. The largest absolute Gasteiger partial charge is 0.497 e. The second-order valence-corrected chi connectivity index (χ2v) is 13.9. The van der Waals surface area contributed by atoms with E-state index < -0.39 is 0 Å². The van der Waals surface area contributed by atoms with E-state index in [0.29, 0.717) is 58.0 Å². The van der Waals surface area contributed by atoms with Gasteiger partial charge in [-0.25, -0.2) is 9.37 Å². The van der Waals surface area contributed by atoms with E-state index in [4.69, 9.17) is 9.73 Å². The van der Waals surface area contributed by atoms with Crippen LogP contribution in [0, 0.1) is 28.5 Å². The first-order valence-electron chi connectivity index (χ1n) is 16.2. The minimum atomic E-state index is -0.342. The second kappa shape index (κ2) is 12.1. The van der Waals surface area contributed by atoms with Crippen LogP contribution in [0.4, 0.5) is 10.1 Å². The minimum absolute atomic E-state index is 0.140. The van der Waals surface area contributed by atoms with E-state index in [9.17, 15) is 9.18 Å². The van der Waals surface area contributed by atoms with Crippen molar-refractivity contribution in [3.63, 3.8) is 0 Å². The molecule has 3 aliphatic carbocycles. The molecule has 1 aromatic heterocycles. The lowest BCUT2D eigenvalue weighted by Crippen LogP contribution is -2.67. The number of anilines is 1. The van der Waals surface area contributed by atoms with Crippen LogP contribution in [0.3, 0.4) is 0 Å². The summed E-state index contributed by atoms with van der Waals surface area (Å²) in [6, 6.07) is 10.8. The van der Waals surface area contributed by atoms with E-state index in [1.807, 2.05) is 18.2 Å². The molecule has 4 fully saturated rings. The molecule has 0 amide bonds. The number of aryl methyl sites for hydroxylation is 2. The first-order chi connectivity index (χ1) is 21.1. The first-order valence-corrected chi connectivity index (χ1v) is 16.2. The Labute approximate surface area is 260 Å². The van der Waals surface area contributed by atoms with Gasteiger partial charge in [-0.1, -0.05) is 33.8 Å². The van der Waals surface area contributed by atoms with Crippen LogP contribution in [-0.4, -0.2) is 59.7 Å². The third-order valence-corrected chi connectivity index (χ3v) is 11.5. The van der Waals surface area contributed by atoms with E-state index in [1.54, 1.807) is 23.0 Å². The monoisotopic (exact) mass is 602 g/mol. The summed E-state index contributed by atoms with van der Waals surface area (Å²) < 4.78 is 21.1. The van der Waals surface area contributed by atoms with E-state index in [-0.39, 0.29) is 11.4 Å². The predicted octanol–water partition coefficient (Wildman–Crippen LogP) is 5.70. The van der Waals surface area contributed by atoms with Crippen LogP contribution in [0.25, 0.3) is 10.9 Å². The quantitative estimate of drug-likeness (QED) is 0.242. The van der Waals surface area contributed by atoms with Gasteiger partial charge in [0.15, 0.2) is 5.96 Å². The molecule has 3 aromatic rings. The topological polar surface area (TPSA) is 83.8 Å². The standard InChI is InChI=1S/C35H47FN6O2/c1-23-30(18-25-21-35(23,4)34(25,2)3)40-33(37-13-17-41-14-6-7-15-41)39-26-9-11-28-31(19-26)38-22-42(32(28)43)16-12-24-8-10-27(44-5)20-29(24)36/h8-11,19-20,22-23,25,30H,6-7,12-18,21H2,1-5H3,(H2,37,39,40)/t23-,25-,30?,35-/m1/s1. The Morgan fingerprint density at radius 3 is 2.66 bits per heavy atom. The van der Waals surface area contributed by atoms with E-state index in [2.05, 4.69) is 48.2 Å². The summed E-state index contributed by atoms with van der Waals surface area (Å²) in [6.07, 6.45) is 6.92. The smallest absolute Gasteiger partial charge is 0.261 e. The van der Waals surface area contributed by atoms with Gasteiger partial charge in [-0.05, 0) is 97.7 Å². The Balaban J connectivity index is 1.17. The number of fused-ring (bicyclic) bond motifs is 3. The molecule has 8 nitrogen and oxygen atoms in total. The summed E-state index contributed by atoms with van der Waals surface area (Å²) in [5.74, 6) is 2.17. The molecule has 236 valence electrons. The van der Waals surface area contributed by atoms with Crippen LogP contribution in [-0.2, 0) is 13.0 Å². The molecular formula is C35H47FN6O2. The number of ether oxygens (including phenoxy) is 1. The molecular weight excluding hydrogens is 555 g/mol. The molecule has 2 bridgehead atoms. The van der Waals surface area contributed by atoms with Crippen molar-refractivity contribution in [1.82, 2.24) is 19.8 Å². The van der Waals surface area contributed by atoms with Gasteiger partial charge in [0.1, 0.15) is 11.6 Å². The Morgan fingerprint density at radius 2 is 1.93 bits per heavy atom. The Morgan fingerprint density at radius 1 is 1.14 bits per heavy atom. The van der Waals surface area contributed by atoms with Crippen molar-refractivity contribution >= 4 is 22.5 Å². The molecule has 3 saturated carbocycles. The lowest BCUT2D eigenvalue weighted by molar-refractivity contribution is -0.191. The van der Waals surface area contributed by atoms with Crippen molar-refractivity contribution in [2.75, 3.05) is 38.6 Å². The van der Waals surface area contributed by atoms with Gasteiger partial charge in [-0.15, -0.1) is 0 Å². The van der Waals surface area contributed by atoms with Gasteiger partial charge in [-0.3, -0.25) is 14.4 Å². The number of likely N-dealkylation sites (tertiary alicyclic amines) is 1. The number of halogens is 1. The Bertz CT molecular complexity index is 1600. The molecule has 0 spiro atoms. The fraction of sp³-hybridized carbons (Fsp3) is 0.571. The van der Waals surface area contributed by atoms with Gasteiger partial charge in [0.25, 0.3) is 5.56 Å². The number of methoxy groups -OCH3 is 1. The summed E-state index contributed by atoms with van der Waals surface area (Å²) in [6.45, 7) is 14.0. The number of aliphatic imine (C=N–C) groups is 1. The SMILES string of the molecule is COc1ccc(CCn2cnc3cc(NC(=NCCN4CCCC4)NC4C[C@@H]5C[C@](C)([C@@H]4C)C5(C)C)ccc3c2=O)c(F)c1. The van der Waals surface area contributed by atoms with Crippen LogP contribution >= 0.6 is 0 Å². The molecule has 4 aliphatic rings. The van der Waals surface area contributed by atoms with E-state index in [0.717, 1.165) is 50.2 Å². The van der Waals surface area contributed by atoms with Crippen molar-refractivity contribution in [3.05, 3.63) is 64.5 Å². The van der Waals surface area contributed by atoms with Gasteiger partial charge in [0.05, 0.1) is 30.9 Å². The van der Waals surface area contributed by atoms with Gasteiger partial charge in [0, 0.05) is 30.9 Å². The number of aromatic nitrogens is 2.